The Morgan fingerprint density at radius 2 is 2.05 bits per heavy atom. The Morgan fingerprint density at radius 3 is 2.60 bits per heavy atom. The van der Waals surface area contributed by atoms with Gasteiger partial charge < -0.3 is 5.11 Å². The van der Waals surface area contributed by atoms with Crippen LogP contribution in [0.25, 0.3) is 0 Å². The van der Waals surface area contributed by atoms with Gasteiger partial charge in [-0.2, -0.15) is 0 Å². The van der Waals surface area contributed by atoms with Crippen LogP contribution in [0.3, 0.4) is 0 Å². The predicted octanol–water partition coefficient (Wildman–Crippen LogP) is 2.65. The number of carboxylic acid groups (broad SMARTS) is 1. The third-order valence-electron chi connectivity index (χ3n) is 3.42. The highest BCUT2D eigenvalue weighted by atomic mass is 35.5. The summed E-state index contributed by atoms with van der Waals surface area (Å²) >= 11 is 5.74. The lowest BCUT2D eigenvalue weighted by molar-refractivity contribution is -0.138. The van der Waals surface area contributed by atoms with Gasteiger partial charge in [-0.05, 0) is 29.9 Å². The zero-order valence-corrected chi connectivity index (χ0v) is 12.2. The topological polar surface area (TPSA) is 71.4 Å². The van der Waals surface area contributed by atoms with Crippen molar-refractivity contribution >= 4 is 27.4 Å². The summed E-state index contributed by atoms with van der Waals surface area (Å²) in [5.74, 6) is -2.23. The molecular weight excluding hydrogens is 307 g/mol. The number of rotatable bonds is 6. The average molecular weight is 321 g/mol. The quantitative estimate of drug-likeness (QED) is 0.874. The van der Waals surface area contributed by atoms with E-state index in [1.54, 1.807) is 0 Å². The molecule has 0 aromatic heterocycles. The summed E-state index contributed by atoms with van der Waals surface area (Å²) in [6, 6.07) is 4.02. The van der Waals surface area contributed by atoms with E-state index in [0.29, 0.717) is 12.8 Å². The molecule has 1 fully saturated rings. The van der Waals surface area contributed by atoms with E-state index < -0.39 is 27.0 Å². The number of aliphatic carboxylic acids is 1. The Balaban J connectivity index is 2.12. The molecule has 0 heterocycles. The maximum Gasteiger partial charge on any atom is 0.303 e. The van der Waals surface area contributed by atoms with E-state index in [-0.39, 0.29) is 28.5 Å². The van der Waals surface area contributed by atoms with Gasteiger partial charge in [-0.25, -0.2) is 12.8 Å². The fraction of sp³-hybridized carbons (Fsp3) is 0.462. The predicted molar refractivity (Wildman–Crippen MR) is 72.8 cm³/mol. The number of sulfone groups is 1. The van der Waals surface area contributed by atoms with Gasteiger partial charge in [0.15, 0.2) is 9.84 Å². The number of hydrogen-bond acceptors (Lipinski definition) is 3. The van der Waals surface area contributed by atoms with Gasteiger partial charge in [0.25, 0.3) is 0 Å². The molecule has 0 aliphatic heterocycles. The number of halogens is 2. The molecule has 1 saturated carbocycles. The van der Waals surface area contributed by atoms with E-state index in [4.69, 9.17) is 16.7 Å². The van der Waals surface area contributed by atoms with Crippen LogP contribution in [-0.4, -0.2) is 25.2 Å². The van der Waals surface area contributed by atoms with Gasteiger partial charge in [0.05, 0.1) is 22.9 Å². The standard InChI is InChI=1S/C13H14ClFO4S/c14-12-9(2-1-3-10(12)15)7-20(18,19)8-13(4-5-13)6-11(16)17/h1-3H,4-8H2,(H,16,17). The molecule has 20 heavy (non-hydrogen) atoms. The maximum absolute atomic E-state index is 13.3. The van der Waals surface area contributed by atoms with Crippen molar-refractivity contribution in [3.63, 3.8) is 0 Å². The van der Waals surface area contributed by atoms with E-state index >= 15 is 0 Å². The van der Waals surface area contributed by atoms with Crippen LogP contribution in [-0.2, 0) is 20.4 Å². The van der Waals surface area contributed by atoms with Crippen LogP contribution in [0.4, 0.5) is 4.39 Å². The first-order valence-electron chi connectivity index (χ1n) is 6.08. The summed E-state index contributed by atoms with van der Waals surface area (Å²) in [4.78, 5) is 10.7. The maximum atomic E-state index is 13.3. The van der Waals surface area contributed by atoms with Crippen molar-refractivity contribution in [1.82, 2.24) is 0 Å². The molecule has 7 heteroatoms. The van der Waals surface area contributed by atoms with Crippen molar-refractivity contribution in [2.75, 3.05) is 5.75 Å². The smallest absolute Gasteiger partial charge is 0.303 e. The lowest BCUT2D eigenvalue weighted by atomic mass is 10.1. The van der Waals surface area contributed by atoms with Crippen LogP contribution in [0.5, 0.6) is 0 Å². The molecule has 1 aliphatic rings. The van der Waals surface area contributed by atoms with Crippen molar-refractivity contribution in [3.8, 4) is 0 Å². The Labute approximate surface area is 121 Å². The van der Waals surface area contributed by atoms with E-state index in [1.807, 2.05) is 0 Å². The number of carboxylic acids is 1. The molecule has 0 radical (unpaired) electrons. The third kappa shape index (κ3) is 3.70. The van der Waals surface area contributed by atoms with Crippen molar-refractivity contribution < 1.29 is 22.7 Å². The van der Waals surface area contributed by atoms with Crippen LogP contribution >= 0.6 is 11.6 Å². The number of hydrogen-bond donors (Lipinski definition) is 1. The number of benzene rings is 1. The van der Waals surface area contributed by atoms with Gasteiger partial charge in [-0.1, -0.05) is 23.7 Å². The van der Waals surface area contributed by atoms with Crippen LogP contribution in [0.15, 0.2) is 18.2 Å². The lowest BCUT2D eigenvalue weighted by Crippen LogP contribution is -2.21. The summed E-state index contributed by atoms with van der Waals surface area (Å²) in [7, 11) is -3.53. The normalized spacial score (nSPS) is 16.9. The number of carbonyl (C=O) groups is 1. The summed E-state index contributed by atoms with van der Waals surface area (Å²) in [5, 5.41) is 8.60. The third-order valence-corrected chi connectivity index (χ3v) is 5.64. The lowest BCUT2D eigenvalue weighted by Gasteiger charge is -2.13. The molecule has 1 aliphatic carbocycles. The van der Waals surface area contributed by atoms with Gasteiger partial charge >= 0.3 is 5.97 Å². The first-order chi connectivity index (χ1) is 9.23. The molecule has 4 nitrogen and oxygen atoms in total. The van der Waals surface area contributed by atoms with E-state index in [9.17, 15) is 17.6 Å². The molecule has 0 unspecified atom stereocenters. The summed E-state index contributed by atoms with van der Waals surface area (Å²) in [6.07, 6.45) is 1.04. The average Bonchev–Trinajstić information content (AvgIpc) is 3.02. The Kier molecular flexibility index (Phi) is 4.07. The Hall–Kier alpha value is -1.14. The van der Waals surface area contributed by atoms with Crippen molar-refractivity contribution in [2.45, 2.75) is 25.0 Å². The second-order valence-electron chi connectivity index (χ2n) is 5.32. The van der Waals surface area contributed by atoms with E-state index in [2.05, 4.69) is 0 Å². The van der Waals surface area contributed by atoms with Gasteiger partial charge in [0.2, 0.25) is 0 Å². The molecule has 110 valence electrons. The van der Waals surface area contributed by atoms with E-state index in [1.165, 1.54) is 12.1 Å². The minimum absolute atomic E-state index is 0.150. The minimum atomic E-state index is -3.53. The summed E-state index contributed by atoms with van der Waals surface area (Å²) in [5.41, 5.74) is -0.442. The molecule has 0 spiro atoms. The van der Waals surface area contributed by atoms with E-state index in [0.717, 1.165) is 6.07 Å². The highest BCUT2D eigenvalue weighted by molar-refractivity contribution is 7.90. The van der Waals surface area contributed by atoms with Crippen LogP contribution in [0.2, 0.25) is 5.02 Å². The molecule has 1 aromatic rings. The van der Waals surface area contributed by atoms with Gasteiger partial charge in [-0.15, -0.1) is 0 Å². The highest BCUT2D eigenvalue weighted by Crippen LogP contribution is 2.50. The first kappa shape index (κ1) is 15.3. The molecule has 0 saturated heterocycles. The van der Waals surface area contributed by atoms with Crippen LogP contribution in [0, 0.1) is 11.2 Å². The highest BCUT2D eigenvalue weighted by Gasteiger charge is 2.47. The molecule has 2 rings (SSSR count). The second-order valence-corrected chi connectivity index (χ2v) is 7.76. The minimum Gasteiger partial charge on any atom is -0.481 e. The molecule has 0 atom stereocenters. The summed E-state index contributed by atoms with van der Waals surface area (Å²) < 4.78 is 37.5. The van der Waals surface area contributed by atoms with Crippen molar-refractivity contribution in [1.29, 1.82) is 0 Å². The van der Waals surface area contributed by atoms with Gasteiger partial charge in [0.1, 0.15) is 5.82 Å². The molecule has 1 N–H and O–H groups in total. The van der Waals surface area contributed by atoms with Crippen LogP contribution in [0.1, 0.15) is 24.8 Å². The fourth-order valence-corrected chi connectivity index (χ4v) is 4.70. The molecule has 0 bridgehead atoms. The van der Waals surface area contributed by atoms with Gasteiger partial charge in [0, 0.05) is 0 Å². The zero-order chi connectivity index (χ0) is 15.0. The van der Waals surface area contributed by atoms with Crippen LogP contribution < -0.4 is 0 Å². The Bertz CT molecular complexity index is 638. The largest absolute Gasteiger partial charge is 0.481 e. The fourth-order valence-electron chi connectivity index (χ4n) is 2.28. The summed E-state index contributed by atoms with van der Waals surface area (Å²) in [6.45, 7) is 0. The molecular formula is C13H14ClFO4S. The van der Waals surface area contributed by atoms with Crippen molar-refractivity contribution in [2.24, 2.45) is 5.41 Å². The SMILES string of the molecule is O=C(O)CC1(CS(=O)(=O)Cc2cccc(F)c2Cl)CC1. The monoisotopic (exact) mass is 320 g/mol. The second kappa shape index (κ2) is 5.33. The zero-order valence-electron chi connectivity index (χ0n) is 10.6. The van der Waals surface area contributed by atoms with Gasteiger partial charge in [-0.3, -0.25) is 4.79 Å². The van der Waals surface area contributed by atoms with Crippen molar-refractivity contribution in [3.05, 3.63) is 34.6 Å². The molecule has 1 aromatic carbocycles. The first-order valence-corrected chi connectivity index (χ1v) is 8.28. The Morgan fingerprint density at radius 1 is 1.40 bits per heavy atom. The molecule has 0 amide bonds.